The number of rotatable bonds is 9. The third-order valence-electron chi connectivity index (χ3n) is 6.95. The SMILES string of the molecule is [B]C([B])([B])NC(=O)c1nnc(NC(=O)C2CC2)cc1Nc1cccc(-c2nc(C)c(C(=O)N3C[C@@H](C)O[C@@H](C)C3)s2)c1OC. The number of thiazole rings is 1. The number of nitrogens with one attached hydrogen (secondary N) is 3. The highest BCUT2D eigenvalue weighted by atomic mass is 32.1. The number of hydrogen-bond acceptors (Lipinski definition) is 10. The van der Waals surface area contributed by atoms with Crippen LogP contribution in [0.25, 0.3) is 10.6 Å². The third kappa shape index (κ3) is 7.24. The molecule has 2 aromatic heterocycles. The van der Waals surface area contributed by atoms with Crippen molar-refractivity contribution in [1.29, 1.82) is 0 Å². The third-order valence-corrected chi connectivity index (χ3v) is 8.13. The van der Waals surface area contributed by atoms with Gasteiger partial charge in [0.15, 0.2) is 17.3 Å². The van der Waals surface area contributed by atoms with Gasteiger partial charge in [-0.05, 0) is 45.7 Å². The van der Waals surface area contributed by atoms with Crippen LogP contribution in [-0.2, 0) is 9.53 Å². The Morgan fingerprint density at radius 3 is 2.43 bits per heavy atom. The number of morpholine rings is 1. The number of benzene rings is 1. The molecule has 1 aromatic carbocycles. The van der Waals surface area contributed by atoms with E-state index in [1.165, 1.54) is 24.5 Å². The quantitative estimate of drug-likeness (QED) is 0.311. The highest BCUT2D eigenvalue weighted by molar-refractivity contribution is 7.17. The normalized spacial score (nSPS) is 18.4. The number of carbonyl (C=O) groups is 3. The molecule has 3 amide bonds. The fraction of sp³-hybridized carbons (Fsp3) is 0.429. The molecule has 1 aliphatic heterocycles. The molecule has 2 aliphatic rings. The van der Waals surface area contributed by atoms with Gasteiger partial charge in [-0.1, -0.05) is 11.3 Å². The first kappa shape index (κ1) is 31.5. The molecular formula is C28H30B3N7O5S. The zero-order chi connectivity index (χ0) is 31.8. The van der Waals surface area contributed by atoms with Crippen molar-refractivity contribution >= 4 is 69.8 Å². The van der Waals surface area contributed by atoms with Crippen molar-refractivity contribution in [3.8, 4) is 16.3 Å². The van der Waals surface area contributed by atoms with Crippen LogP contribution < -0.4 is 20.7 Å². The molecule has 1 aliphatic carbocycles. The van der Waals surface area contributed by atoms with Gasteiger partial charge in [0.2, 0.25) is 5.91 Å². The van der Waals surface area contributed by atoms with Gasteiger partial charge in [-0.15, -0.1) is 21.5 Å². The summed E-state index contributed by atoms with van der Waals surface area (Å²) in [6.07, 6.45) is 1.47. The van der Waals surface area contributed by atoms with E-state index < -0.39 is 11.1 Å². The van der Waals surface area contributed by atoms with Gasteiger partial charge in [0.25, 0.3) is 11.8 Å². The van der Waals surface area contributed by atoms with Gasteiger partial charge in [-0.3, -0.25) is 14.4 Å². The number of carbonyl (C=O) groups excluding carboxylic acids is 3. The Bertz CT molecular complexity index is 1580. The lowest BCUT2D eigenvalue weighted by molar-refractivity contribution is -0.117. The topological polar surface area (TPSA) is 148 Å². The number of aromatic nitrogens is 3. The fourth-order valence-electron chi connectivity index (χ4n) is 4.91. The molecule has 3 aromatic rings. The van der Waals surface area contributed by atoms with E-state index in [9.17, 15) is 14.4 Å². The molecule has 5 rings (SSSR count). The Balaban J connectivity index is 1.48. The maximum absolute atomic E-state index is 13.5. The van der Waals surface area contributed by atoms with Crippen LogP contribution in [0.15, 0.2) is 24.3 Å². The van der Waals surface area contributed by atoms with E-state index in [2.05, 4.69) is 26.1 Å². The van der Waals surface area contributed by atoms with E-state index >= 15 is 0 Å². The molecule has 6 radical (unpaired) electrons. The molecule has 222 valence electrons. The van der Waals surface area contributed by atoms with E-state index in [1.54, 1.807) is 24.0 Å². The number of nitrogens with zero attached hydrogens (tertiary/aromatic N) is 4. The Morgan fingerprint density at radius 1 is 1.09 bits per heavy atom. The van der Waals surface area contributed by atoms with Crippen molar-refractivity contribution in [1.82, 2.24) is 25.4 Å². The maximum atomic E-state index is 13.5. The Labute approximate surface area is 263 Å². The minimum absolute atomic E-state index is 0.0635. The molecule has 0 unspecified atom stereocenters. The van der Waals surface area contributed by atoms with Crippen LogP contribution in [0, 0.1) is 12.8 Å². The first-order chi connectivity index (χ1) is 20.8. The lowest BCUT2D eigenvalue weighted by Crippen LogP contribution is -2.50. The molecule has 44 heavy (non-hydrogen) atoms. The van der Waals surface area contributed by atoms with Crippen LogP contribution in [0.5, 0.6) is 5.75 Å². The summed E-state index contributed by atoms with van der Waals surface area (Å²) in [7, 11) is 18.2. The zero-order valence-electron chi connectivity index (χ0n) is 24.8. The largest absolute Gasteiger partial charge is 0.494 e. The highest BCUT2D eigenvalue weighted by Crippen LogP contribution is 2.41. The predicted octanol–water partition coefficient (Wildman–Crippen LogP) is 2.11. The second kappa shape index (κ2) is 12.6. The van der Waals surface area contributed by atoms with Gasteiger partial charge in [0.05, 0.1) is 65.5 Å². The molecule has 2 fully saturated rings. The number of methoxy groups -OCH3 is 1. The summed E-state index contributed by atoms with van der Waals surface area (Å²) >= 11 is 1.27. The van der Waals surface area contributed by atoms with Gasteiger partial charge in [0.1, 0.15) is 9.88 Å². The summed E-state index contributed by atoms with van der Waals surface area (Å²) in [5.41, 5.74) is 1.66. The molecule has 1 saturated heterocycles. The second-order valence-corrected chi connectivity index (χ2v) is 12.1. The predicted molar refractivity (Wildman–Crippen MR) is 169 cm³/mol. The molecular weight excluding hydrogens is 579 g/mol. The fourth-order valence-corrected chi connectivity index (χ4v) is 5.97. The minimum atomic E-state index is -2.01. The van der Waals surface area contributed by atoms with Crippen LogP contribution in [-0.4, -0.2) is 99.0 Å². The Morgan fingerprint density at radius 2 is 1.80 bits per heavy atom. The average Bonchev–Trinajstić information content (AvgIpc) is 3.73. The standard InChI is InChI=1S/C28H30B3N7O5S/c1-13-11-38(12-14(2)43-13)27(41)23-15(3)32-26(44-23)17-6-5-7-18(22(17)42-4)33-19-10-20(34-24(39)16-8-9-16)36-37-21(19)25(40)35-28(29,30)31/h5-7,10,13-14,16H,8-9,11-12H2,1-4H3,(H,35,40)(H2,33,34,36,39)/t13-,14+. The average molecular weight is 609 g/mol. The molecule has 16 heteroatoms. The summed E-state index contributed by atoms with van der Waals surface area (Å²) < 4.78 is 11.6. The monoisotopic (exact) mass is 609 g/mol. The molecule has 12 nitrogen and oxygen atoms in total. The van der Waals surface area contributed by atoms with Crippen LogP contribution in [0.2, 0.25) is 0 Å². The van der Waals surface area contributed by atoms with Crippen LogP contribution in [0.4, 0.5) is 17.2 Å². The van der Waals surface area contributed by atoms with Crippen molar-refractivity contribution < 1.29 is 23.9 Å². The lowest BCUT2D eigenvalue weighted by Gasteiger charge is -2.35. The summed E-state index contributed by atoms with van der Waals surface area (Å²) in [4.78, 5) is 45.8. The van der Waals surface area contributed by atoms with Gasteiger partial charge in [-0.2, -0.15) is 0 Å². The molecule has 0 bridgehead atoms. The van der Waals surface area contributed by atoms with E-state index in [1.807, 2.05) is 19.9 Å². The smallest absolute Gasteiger partial charge is 0.272 e. The van der Waals surface area contributed by atoms with E-state index in [0.717, 1.165) is 12.8 Å². The Kier molecular flexibility index (Phi) is 9.03. The van der Waals surface area contributed by atoms with E-state index in [4.69, 9.17) is 38.0 Å². The second-order valence-electron chi connectivity index (χ2n) is 11.1. The molecule has 3 heterocycles. The van der Waals surface area contributed by atoms with Gasteiger partial charge >= 0.3 is 0 Å². The summed E-state index contributed by atoms with van der Waals surface area (Å²) in [5.74, 6) is -0.622. The summed E-state index contributed by atoms with van der Waals surface area (Å²) in [5, 5.41) is 14.7. The van der Waals surface area contributed by atoms with Gasteiger partial charge in [0, 0.05) is 25.1 Å². The van der Waals surface area contributed by atoms with Crippen molar-refractivity contribution in [3.05, 3.63) is 40.5 Å². The van der Waals surface area contributed by atoms with Crippen molar-refractivity contribution in [2.75, 3.05) is 30.8 Å². The van der Waals surface area contributed by atoms with Crippen LogP contribution >= 0.6 is 11.3 Å². The molecule has 1 saturated carbocycles. The van der Waals surface area contributed by atoms with Gasteiger partial charge in [-0.25, -0.2) is 4.98 Å². The Hall–Kier alpha value is -3.91. The number of aryl methyl sites for hydroxylation is 1. The molecule has 3 N–H and O–H groups in total. The number of anilines is 3. The maximum Gasteiger partial charge on any atom is 0.272 e. The number of amides is 3. The first-order valence-electron chi connectivity index (χ1n) is 14.1. The molecule has 2 atom stereocenters. The zero-order valence-corrected chi connectivity index (χ0v) is 25.7. The van der Waals surface area contributed by atoms with Crippen molar-refractivity contribution in [2.24, 2.45) is 5.92 Å². The van der Waals surface area contributed by atoms with Crippen molar-refractivity contribution in [2.45, 2.75) is 51.1 Å². The highest BCUT2D eigenvalue weighted by Gasteiger charge is 2.31. The summed E-state index contributed by atoms with van der Waals surface area (Å²) in [6, 6.07) is 6.79. The molecule has 0 spiro atoms. The minimum Gasteiger partial charge on any atom is -0.494 e. The number of hydrogen-bond donors (Lipinski definition) is 3. The van der Waals surface area contributed by atoms with Crippen LogP contribution in [0.1, 0.15) is 52.5 Å². The van der Waals surface area contributed by atoms with E-state index in [0.29, 0.717) is 45.7 Å². The van der Waals surface area contributed by atoms with Crippen molar-refractivity contribution in [3.63, 3.8) is 0 Å². The van der Waals surface area contributed by atoms with Gasteiger partial charge < -0.3 is 30.3 Å². The number of ether oxygens (including phenoxy) is 2. The van der Waals surface area contributed by atoms with Crippen LogP contribution in [0.3, 0.4) is 0 Å². The van der Waals surface area contributed by atoms with E-state index in [-0.39, 0.29) is 47.1 Å². The first-order valence-corrected chi connectivity index (χ1v) is 14.9. The summed E-state index contributed by atoms with van der Waals surface area (Å²) in [6.45, 7) is 6.68. The number of para-hydroxylation sites is 1. The lowest BCUT2D eigenvalue weighted by atomic mass is 9.49.